The van der Waals surface area contributed by atoms with E-state index in [1.165, 1.54) is 38.8 Å². The van der Waals surface area contributed by atoms with E-state index in [1.807, 2.05) is 22.7 Å². The van der Waals surface area contributed by atoms with E-state index < -0.39 is 8.07 Å². The fraction of sp³-hybridized carbons (Fsp3) is 0.0909. The molecule has 0 bridgehead atoms. The van der Waals surface area contributed by atoms with Crippen LogP contribution in [-0.2, 0) is 0 Å². The lowest BCUT2D eigenvalue weighted by molar-refractivity contribution is 1.54. The number of thiophene rings is 2. The highest BCUT2D eigenvalue weighted by Crippen LogP contribution is 2.45. The smallest absolute Gasteiger partial charge is 0.127 e. The van der Waals surface area contributed by atoms with E-state index in [4.69, 9.17) is 0 Å². The molecule has 0 unspecified atom stereocenters. The first-order chi connectivity index (χ1) is 13.1. The molecule has 5 rings (SSSR count). The summed E-state index contributed by atoms with van der Waals surface area (Å²) >= 11 is 11.5. The van der Waals surface area contributed by atoms with Crippen molar-refractivity contribution in [2.75, 3.05) is 0 Å². The number of benzene rings is 2. The van der Waals surface area contributed by atoms with Gasteiger partial charge in [-0.05, 0) is 77.6 Å². The molecule has 0 spiro atoms. The molecule has 27 heavy (non-hydrogen) atoms. The summed E-state index contributed by atoms with van der Waals surface area (Å²) in [4.78, 5) is 2.93. The largest absolute Gasteiger partial charge is 0.183 e. The van der Waals surface area contributed by atoms with Crippen LogP contribution in [0.5, 0.6) is 0 Å². The Balaban J connectivity index is 2.03. The third-order valence-corrected chi connectivity index (χ3v) is 15.5. The third-order valence-electron chi connectivity index (χ3n) is 5.55. The summed E-state index contributed by atoms with van der Waals surface area (Å²) in [6, 6.07) is 22.4. The van der Waals surface area contributed by atoms with E-state index in [-0.39, 0.29) is 0 Å². The zero-order valence-electron chi connectivity index (χ0n) is 14.8. The Kier molecular flexibility index (Phi) is 4.37. The minimum Gasteiger partial charge on any atom is -0.127 e. The molecule has 0 saturated heterocycles. The molecule has 5 heteroatoms. The van der Waals surface area contributed by atoms with Gasteiger partial charge >= 0.3 is 0 Å². The average molecular weight is 532 g/mol. The number of hydrogen-bond acceptors (Lipinski definition) is 2. The summed E-state index contributed by atoms with van der Waals surface area (Å²) < 4.78 is 2.54. The summed E-state index contributed by atoms with van der Waals surface area (Å²) in [7, 11) is -2.31. The normalized spacial score (nSPS) is 14.2. The van der Waals surface area contributed by atoms with E-state index in [9.17, 15) is 0 Å². The first-order valence-electron chi connectivity index (χ1n) is 8.77. The zero-order valence-corrected chi connectivity index (χ0v) is 20.7. The second-order valence-corrected chi connectivity index (χ2v) is 15.2. The van der Waals surface area contributed by atoms with Crippen LogP contribution in [-0.4, -0.2) is 8.07 Å². The molecule has 3 heterocycles. The second-order valence-electron chi connectivity index (χ2n) is 6.89. The van der Waals surface area contributed by atoms with Gasteiger partial charge in [0.2, 0.25) is 0 Å². The van der Waals surface area contributed by atoms with E-state index in [0.717, 1.165) is 0 Å². The average Bonchev–Trinajstić information content (AvgIpc) is 3.26. The molecule has 0 nitrogen and oxygen atoms in total. The first-order valence-corrected chi connectivity index (χ1v) is 14.0. The Bertz CT molecular complexity index is 1070. The van der Waals surface area contributed by atoms with Crippen molar-refractivity contribution in [3.63, 3.8) is 0 Å². The highest BCUT2D eigenvalue weighted by molar-refractivity contribution is 9.11. The lowest BCUT2D eigenvalue weighted by atomic mass is 10.3. The molecule has 0 saturated carbocycles. The summed E-state index contributed by atoms with van der Waals surface area (Å²) in [6.07, 6.45) is 0. The summed E-state index contributed by atoms with van der Waals surface area (Å²) in [5.41, 5.74) is 2.82. The van der Waals surface area contributed by atoms with Crippen LogP contribution >= 0.6 is 54.5 Å². The molecule has 2 aromatic heterocycles. The van der Waals surface area contributed by atoms with Gasteiger partial charge in [0.25, 0.3) is 0 Å². The Hall–Kier alpha value is -0.983. The van der Waals surface area contributed by atoms with E-state index in [0.29, 0.717) is 0 Å². The summed E-state index contributed by atoms with van der Waals surface area (Å²) in [6.45, 7) is 4.57. The quantitative estimate of drug-likeness (QED) is 0.271. The van der Waals surface area contributed by atoms with Gasteiger partial charge in [0.15, 0.2) is 8.07 Å². The van der Waals surface area contributed by atoms with Gasteiger partial charge in [-0.15, -0.1) is 22.7 Å². The van der Waals surface area contributed by atoms with E-state index in [2.05, 4.69) is 106 Å². The predicted molar refractivity (Wildman–Crippen MR) is 130 cm³/mol. The monoisotopic (exact) mass is 530 g/mol. The van der Waals surface area contributed by atoms with Gasteiger partial charge < -0.3 is 0 Å². The number of halogens is 2. The summed E-state index contributed by atoms with van der Waals surface area (Å²) in [5.74, 6) is 0. The molecule has 0 aliphatic carbocycles. The van der Waals surface area contributed by atoms with Crippen LogP contribution in [0.25, 0.3) is 9.75 Å². The molecule has 0 fully saturated rings. The minimum atomic E-state index is -2.31. The van der Waals surface area contributed by atoms with Crippen molar-refractivity contribution in [2.45, 2.75) is 13.8 Å². The molecule has 0 radical (unpaired) electrons. The maximum atomic E-state index is 3.85. The first kappa shape index (κ1) is 18.1. The van der Waals surface area contributed by atoms with Gasteiger partial charge in [0.1, 0.15) is 0 Å². The number of rotatable bonds is 2. The van der Waals surface area contributed by atoms with Crippen LogP contribution in [0.2, 0.25) is 0 Å². The summed E-state index contributed by atoms with van der Waals surface area (Å²) in [5, 5.41) is 6.10. The van der Waals surface area contributed by atoms with Gasteiger partial charge in [0.05, 0.1) is 7.57 Å². The van der Waals surface area contributed by atoms with Crippen LogP contribution in [0.3, 0.4) is 0 Å². The second kappa shape index (κ2) is 6.53. The van der Waals surface area contributed by atoms with Gasteiger partial charge in [-0.2, -0.15) is 0 Å². The highest BCUT2D eigenvalue weighted by atomic mass is 79.9. The van der Waals surface area contributed by atoms with Crippen molar-refractivity contribution in [1.29, 1.82) is 0 Å². The van der Waals surface area contributed by atoms with Crippen LogP contribution in [0.15, 0.2) is 68.2 Å². The molecular weight excluding hydrogens is 516 g/mol. The maximum Gasteiger partial charge on any atom is 0.183 e. The van der Waals surface area contributed by atoms with E-state index in [1.54, 1.807) is 10.4 Å². The van der Waals surface area contributed by atoms with Crippen molar-refractivity contribution in [1.82, 2.24) is 0 Å². The van der Waals surface area contributed by atoms with Crippen molar-refractivity contribution in [3.8, 4) is 9.75 Å². The molecule has 134 valence electrons. The zero-order chi connectivity index (χ0) is 18.8. The topological polar surface area (TPSA) is 0 Å². The Labute approximate surface area is 185 Å². The van der Waals surface area contributed by atoms with Crippen LogP contribution in [0.1, 0.15) is 11.1 Å². The van der Waals surface area contributed by atoms with Gasteiger partial charge in [0, 0.05) is 9.75 Å². The van der Waals surface area contributed by atoms with Crippen molar-refractivity contribution in [3.05, 3.63) is 79.4 Å². The Morgan fingerprint density at radius 1 is 0.630 bits per heavy atom. The molecular formula is C22H16Br2S2Si. The standard InChI is InChI=1S/C22H16Br2S2Si/c1-13-19-17(25-21(13)23)18-20(14(2)22(24)26-18)27(19,15-9-5-3-6-10-15)16-11-7-4-8-12-16/h3-12H,1-2H3. The number of fused-ring (bicyclic) bond motifs is 3. The molecule has 0 N–H and O–H groups in total. The Morgan fingerprint density at radius 2 is 1.00 bits per heavy atom. The van der Waals surface area contributed by atoms with Crippen LogP contribution in [0.4, 0.5) is 0 Å². The van der Waals surface area contributed by atoms with Gasteiger partial charge in [-0.1, -0.05) is 60.7 Å². The predicted octanol–water partition coefficient (Wildman–Crippen LogP) is 5.31. The van der Waals surface area contributed by atoms with Crippen molar-refractivity contribution in [2.24, 2.45) is 0 Å². The molecule has 4 aromatic rings. The SMILES string of the molecule is Cc1c(Br)sc2c1[Si](c1ccccc1)(c1ccccc1)c1c-2sc(Br)c1C. The lowest BCUT2D eigenvalue weighted by Crippen LogP contribution is -2.73. The molecule has 0 atom stereocenters. The number of hydrogen-bond donors (Lipinski definition) is 0. The van der Waals surface area contributed by atoms with Crippen molar-refractivity contribution >= 4 is 83.4 Å². The highest BCUT2D eigenvalue weighted by Gasteiger charge is 2.53. The fourth-order valence-corrected chi connectivity index (χ4v) is 15.2. The van der Waals surface area contributed by atoms with Gasteiger partial charge in [-0.3, -0.25) is 0 Å². The molecule has 2 aromatic carbocycles. The maximum absolute atomic E-state index is 3.85. The molecule has 0 amide bonds. The van der Waals surface area contributed by atoms with Gasteiger partial charge in [-0.25, -0.2) is 0 Å². The Morgan fingerprint density at radius 3 is 1.37 bits per heavy atom. The van der Waals surface area contributed by atoms with Crippen LogP contribution < -0.4 is 20.7 Å². The fourth-order valence-electron chi connectivity index (χ4n) is 4.44. The molecule has 1 aliphatic heterocycles. The van der Waals surface area contributed by atoms with E-state index >= 15 is 0 Å². The molecule has 1 aliphatic rings. The van der Waals surface area contributed by atoms with Crippen molar-refractivity contribution < 1.29 is 0 Å². The third kappa shape index (κ3) is 2.36. The van der Waals surface area contributed by atoms with Crippen LogP contribution in [0, 0.1) is 13.8 Å². The minimum absolute atomic E-state index is 1.27. The lowest BCUT2D eigenvalue weighted by Gasteiger charge is -2.31.